The quantitative estimate of drug-likeness (QED) is 0.682. The summed E-state index contributed by atoms with van der Waals surface area (Å²) >= 11 is 0. The Kier molecular flexibility index (Phi) is 6.43. The van der Waals surface area contributed by atoms with E-state index in [4.69, 9.17) is 5.11 Å². The van der Waals surface area contributed by atoms with Crippen LogP contribution < -0.4 is 10.6 Å². The van der Waals surface area contributed by atoms with Crippen molar-refractivity contribution in [3.8, 4) is 0 Å². The van der Waals surface area contributed by atoms with Gasteiger partial charge in [-0.3, -0.25) is 4.90 Å². The Morgan fingerprint density at radius 1 is 1.39 bits per heavy atom. The molecular formula is C13H27N3O2. The largest absolute Gasteiger partial charge is 0.394 e. The maximum atomic E-state index is 11.5. The van der Waals surface area contributed by atoms with Gasteiger partial charge in [-0.25, -0.2) is 4.79 Å². The van der Waals surface area contributed by atoms with E-state index in [0.29, 0.717) is 12.6 Å². The number of aliphatic hydroxyl groups is 1. The second-order valence-corrected chi connectivity index (χ2v) is 5.51. The molecule has 2 unspecified atom stereocenters. The summed E-state index contributed by atoms with van der Waals surface area (Å²) in [4.78, 5) is 13.9. The number of nitrogens with one attached hydrogen (secondary N) is 2. The minimum atomic E-state index is -0.200. The third-order valence-corrected chi connectivity index (χ3v) is 3.65. The Morgan fingerprint density at radius 2 is 2.00 bits per heavy atom. The molecule has 5 nitrogen and oxygen atoms in total. The highest BCUT2D eigenvalue weighted by atomic mass is 16.3. The Labute approximate surface area is 110 Å². The van der Waals surface area contributed by atoms with Crippen molar-refractivity contribution >= 4 is 6.03 Å². The molecule has 18 heavy (non-hydrogen) atoms. The first-order chi connectivity index (χ1) is 8.52. The number of piperidine rings is 1. The zero-order chi connectivity index (χ0) is 13.5. The van der Waals surface area contributed by atoms with Gasteiger partial charge in [0, 0.05) is 12.6 Å². The third kappa shape index (κ3) is 5.23. The van der Waals surface area contributed by atoms with E-state index in [0.717, 1.165) is 19.0 Å². The summed E-state index contributed by atoms with van der Waals surface area (Å²) in [5.41, 5.74) is 0. The van der Waals surface area contributed by atoms with Gasteiger partial charge in [0.2, 0.25) is 0 Å². The molecule has 1 fully saturated rings. The molecule has 0 spiro atoms. The van der Waals surface area contributed by atoms with Crippen molar-refractivity contribution < 1.29 is 9.90 Å². The van der Waals surface area contributed by atoms with Crippen molar-refractivity contribution in [3.05, 3.63) is 0 Å². The van der Waals surface area contributed by atoms with Crippen LogP contribution in [0.5, 0.6) is 0 Å². The van der Waals surface area contributed by atoms with Crippen LogP contribution in [0.25, 0.3) is 0 Å². The second-order valence-electron chi connectivity index (χ2n) is 5.51. The maximum Gasteiger partial charge on any atom is 0.315 e. The Morgan fingerprint density at radius 3 is 2.56 bits per heavy atom. The maximum absolute atomic E-state index is 11.5. The van der Waals surface area contributed by atoms with E-state index in [2.05, 4.69) is 29.4 Å². The van der Waals surface area contributed by atoms with Crippen LogP contribution in [0.3, 0.4) is 0 Å². The van der Waals surface area contributed by atoms with Gasteiger partial charge < -0.3 is 15.7 Å². The number of nitrogens with zero attached hydrogens (tertiary/aromatic N) is 1. The van der Waals surface area contributed by atoms with Gasteiger partial charge in [0.25, 0.3) is 0 Å². The zero-order valence-electron chi connectivity index (χ0n) is 11.8. The number of urea groups is 1. The summed E-state index contributed by atoms with van der Waals surface area (Å²) in [5, 5.41) is 14.4. The molecule has 0 aromatic rings. The van der Waals surface area contributed by atoms with Crippen LogP contribution in [0.15, 0.2) is 0 Å². The molecule has 0 radical (unpaired) electrons. The number of hydrogen-bond acceptors (Lipinski definition) is 3. The van der Waals surface area contributed by atoms with Gasteiger partial charge in [-0.15, -0.1) is 0 Å². The number of carbonyl (C=O) groups is 1. The molecule has 106 valence electrons. The van der Waals surface area contributed by atoms with Crippen molar-refractivity contribution in [2.24, 2.45) is 5.92 Å². The Balaban J connectivity index is 2.20. The lowest BCUT2D eigenvalue weighted by atomic mass is 9.98. The monoisotopic (exact) mass is 257 g/mol. The van der Waals surface area contributed by atoms with E-state index in [-0.39, 0.29) is 18.7 Å². The molecule has 5 heteroatoms. The van der Waals surface area contributed by atoms with Crippen molar-refractivity contribution in [1.82, 2.24) is 15.5 Å². The Hall–Kier alpha value is -0.810. The van der Waals surface area contributed by atoms with Crippen LogP contribution in [0.2, 0.25) is 0 Å². The number of aliphatic hydroxyl groups excluding tert-OH is 1. The van der Waals surface area contributed by atoms with E-state index >= 15 is 0 Å². The van der Waals surface area contributed by atoms with Crippen LogP contribution in [0.1, 0.15) is 33.6 Å². The lowest BCUT2D eigenvalue weighted by Crippen LogP contribution is -2.49. The number of hydrogen-bond donors (Lipinski definition) is 3. The molecule has 2 amide bonds. The van der Waals surface area contributed by atoms with Crippen molar-refractivity contribution in [1.29, 1.82) is 0 Å². The van der Waals surface area contributed by atoms with E-state index < -0.39 is 0 Å². The van der Waals surface area contributed by atoms with Gasteiger partial charge >= 0.3 is 6.03 Å². The van der Waals surface area contributed by atoms with Gasteiger partial charge in [-0.2, -0.15) is 0 Å². The van der Waals surface area contributed by atoms with Gasteiger partial charge in [-0.05, 0) is 45.7 Å². The molecule has 3 N–H and O–H groups in total. The summed E-state index contributed by atoms with van der Waals surface area (Å²) in [6.45, 7) is 9.08. The van der Waals surface area contributed by atoms with Crippen LogP contribution in [0.4, 0.5) is 4.79 Å². The van der Waals surface area contributed by atoms with E-state index in [9.17, 15) is 4.79 Å². The first kappa shape index (κ1) is 15.2. The second kappa shape index (κ2) is 7.59. The molecule has 1 saturated heterocycles. The fourth-order valence-corrected chi connectivity index (χ4v) is 2.16. The van der Waals surface area contributed by atoms with Crippen LogP contribution in [0, 0.1) is 5.92 Å². The minimum Gasteiger partial charge on any atom is -0.394 e. The summed E-state index contributed by atoms with van der Waals surface area (Å²) in [7, 11) is 0. The lowest BCUT2D eigenvalue weighted by Gasteiger charge is -2.35. The van der Waals surface area contributed by atoms with E-state index in [1.807, 2.05) is 0 Å². The fourth-order valence-electron chi connectivity index (χ4n) is 2.16. The van der Waals surface area contributed by atoms with Gasteiger partial charge in [0.15, 0.2) is 0 Å². The van der Waals surface area contributed by atoms with Gasteiger partial charge in [0.05, 0.1) is 12.6 Å². The Bertz CT molecular complexity index is 253. The van der Waals surface area contributed by atoms with Crippen molar-refractivity contribution in [2.75, 3.05) is 26.2 Å². The number of carbonyl (C=O) groups excluding carboxylic acids is 1. The van der Waals surface area contributed by atoms with Crippen LogP contribution in [-0.4, -0.2) is 54.4 Å². The number of likely N-dealkylation sites (tertiary alicyclic amines) is 1. The number of rotatable bonds is 5. The highest BCUT2D eigenvalue weighted by Crippen LogP contribution is 2.17. The normalized spacial score (nSPS) is 21.3. The molecule has 1 heterocycles. The summed E-state index contributed by atoms with van der Waals surface area (Å²) in [6, 6.07) is -0.0300. The lowest BCUT2D eigenvalue weighted by molar-refractivity contribution is 0.144. The smallest absolute Gasteiger partial charge is 0.315 e. The molecule has 0 aromatic heterocycles. The number of amides is 2. The fraction of sp³-hybridized carbons (Fsp3) is 0.923. The summed E-state index contributed by atoms with van der Waals surface area (Å²) < 4.78 is 0. The predicted molar refractivity (Wildman–Crippen MR) is 72.5 cm³/mol. The molecule has 1 rings (SSSR count). The van der Waals surface area contributed by atoms with E-state index in [1.54, 1.807) is 6.92 Å². The zero-order valence-corrected chi connectivity index (χ0v) is 11.8. The SMILES string of the molecule is CC1CCN(C(C)CNC(=O)NC(C)CO)CC1. The molecule has 1 aliphatic rings. The van der Waals surface area contributed by atoms with Crippen molar-refractivity contribution in [2.45, 2.75) is 45.7 Å². The summed E-state index contributed by atoms with van der Waals surface area (Å²) in [5.74, 6) is 0.829. The highest BCUT2D eigenvalue weighted by molar-refractivity contribution is 5.74. The first-order valence-corrected chi connectivity index (χ1v) is 6.92. The molecule has 0 aliphatic carbocycles. The first-order valence-electron chi connectivity index (χ1n) is 6.92. The minimum absolute atomic E-state index is 0.0347. The molecule has 0 aromatic carbocycles. The highest BCUT2D eigenvalue weighted by Gasteiger charge is 2.20. The summed E-state index contributed by atoms with van der Waals surface area (Å²) in [6.07, 6.45) is 2.50. The van der Waals surface area contributed by atoms with Gasteiger partial charge in [0.1, 0.15) is 0 Å². The molecular weight excluding hydrogens is 230 g/mol. The van der Waals surface area contributed by atoms with Crippen LogP contribution in [-0.2, 0) is 0 Å². The molecule has 0 saturated carbocycles. The van der Waals surface area contributed by atoms with Crippen molar-refractivity contribution in [3.63, 3.8) is 0 Å². The average molecular weight is 257 g/mol. The van der Waals surface area contributed by atoms with Gasteiger partial charge in [-0.1, -0.05) is 6.92 Å². The van der Waals surface area contributed by atoms with Crippen LogP contribution >= 0.6 is 0 Å². The molecule has 1 aliphatic heterocycles. The van der Waals surface area contributed by atoms with E-state index in [1.165, 1.54) is 12.8 Å². The standard InChI is InChI=1S/C13H27N3O2/c1-10-4-6-16(7-5-10)12(3)8-14-13(18)15-11(2)9-17/h10-12,17H,4-9H2,1-3H3,(H2,14,15,18). The molecule has 0 bridgehead atoms. The predicted octanol–water partition coefficient (Wildman–Crippen LogP) is 0.787. The molecule has 2 atom stereocenters. The third-order valence-electron chi connectivity index (χ3n) is 3.65. The topological polar surface area (TPSA) is 64.6 Å². The average Bonchev–Trinajstić information content (AvgIpc) is 2.36.